The van der Waals surface area contributed by atoms with Crippen LogP contribution in [0.1, 0.15) is 38.5 Å². The van der Waals surface area contributed by atoms with Crippen molar-refractivity contribution in [2.45, 2.75) is 50.6 Å². The molecule has 1 aliphatic carbocycles. The van der Waals surface area contributed by atoms with Crippen molar-refractivity contribution in [1.29, 1.82) is 0 Å². The van der Waals surface area contributed by atoms with Gasteiger partial charge in [-0.1, -0.05) is 18.6 Å². The van der Waals surface area contributed by atoms with E-state index in [0.717, 1.165) is 32.2 Å². The van der Waals surface area contributed by atoms with E-state index in [1.54, 1.807) is 0 Å². The number of hydrogen-bond acceptors (Lipinski definition) is 2. The minimum absolute atomic E-state index is 0.0599. The quantitative estimate of drug-likeness (QED) is 0.673. The van der Waals surface area contributed by atoms with Crippen LogP contribution in [0.2, 0.25) is 0 Å². The van der Waals surface area contributed by atoms with Gasteiger partial charge in [0.05, 0.1) is 6.04 Å². The van der Waals surface area contributed by atoms with Crippen LogP contribution >= 0.6 is 0 Å². The standard InChI is InChI=1S/C12H20N2O/c15-12(11-8-4-5-9-13-11)14-10-6-2-1-3-7-10/h1-2,10-11,13H,3-9H2,(H,14,15)/t10?,11-/m0/s1. The van der Waals surface area contributed by atoms with Crippen molar-refractivity contribution in [2.24, 2.45) is 0 Å². The summed E-state index contributed by atoms with van der Waals surface area (Å²) in [4.78, 5) is 11.9. The average Bonchev–Trinajstić information content (AvgIpc) is 2.31. The number of piperidine rings is 1. The van der Waals surface area contributed by atoms with Gasteiger partial charge in [-0.05, 0) is 38.6 Å². The molecule has 1 fully saturated rings. The van der Waals surface area contributed by atoms with E-state index in [9.17, 15) is 4.79 Å². The highest BCUT2D eigenvalue weighted by Crippen LogP contribution is 2.12. The van der Waals surface area contributed by atoms with Gasteiger partial charge in [0.1, 0.15) is 0 Å². The monoisotopic (exact) mass is 208 g/mol. The zero-order valence-electron chi connectivity index (χ0n) is 9.17. The molecule has 1 aliphatic heterocycles. The summed E-state index contributed by atoms with van der Waals surface area (Å²) in [6.07, 6.45) is 10.9. The number of carbonyl (C=O) groups is 1. The van der Waals surface area contributed by atoms with Gasteiger partial charge in [0, 0.05) is 6.04 Å². The third-order valence-corrected chi connectivity index (χ3v) is 3.24. The molecule has 1 amide bonds. The molecule has 2 atom stereocenters. The van der Waals surface area contributed by atoms with Crippen molar-refractivity contribution in [2.75, 3.05) is 6.54 Å². The van der Waals surface area contributed by atoms with Crippen LogP contribution in [-0.2, 0) is 4.79 Å². The number of amides is 1. The maximum Gasteiger partial charge on any atom is 0.237 e. The Morgan fingerprint density at radius 1 is 1.27 bits per heavy atom. The summed E-state index contributed by atoms with van der Waals surface area (Å²) in [6.45, 7) is 0.989. The van der Waals surface area contributed by atoms with Crippen LogP contribution < -0.4 is 10.6 Å². The molecular formula is C12H20N2O. The smallest absolute Gasteiger partial charge is 0.237 e. The second-order valence-corrected chi connectivity index (χ2v) is 4.49. The van der Waals surface area contributed by atoms with Gasteiger partial charge in [0.15, 0.2) is 0 Å². The van der Waals surface area contributed by atoms with E-state index in [4.69, 9.17) is 0 Å². The minimum Gasteiger partial charge on any atom is -0.352 e. The molecule has 3 nitrogen and oxygen atoms in total. The Balaban J connectivity index is 1.77. The second-order valence-electron chi connectivity index (χ2n) is 4.49. The molecule has 3 heteroatoms. The van der Waals surface area contributed by atoms with E-state index in [2.05, 4.69) is 22.8 Å². The fraction of sp³-hybridized carbons (Fsp3) is 0.750. The predicted octanol–water partition coefficient (Wildman–Crippen LogP) is 1.35. The van der Waals surface area contributed by atoms with Crippen LogP contribution in [0.5, 0.6) is 0 Å². The fourth-order valence-electron chi connectivity index (χ4n) is 2.30. The van der Waals surface area contributed by atoms with Gasteiger partial charge in [0.25, 0.3) is 0 Å². The molecule has 2 N–H and O–H groups in total. The molecule has 2 rings (SSSR count). The van der Waals surface area contributed by atoms with Crippen LogP contribution in [0.3, 0.4) is 0 Å². The summed E-state index contributed by atoms with van der Waals surface area (Å²) >= 11 is 0. The first kappa shape index (κ1) is 10.7. The molecule has 0 aromatic carbocycles. The maximum atomic E-state index is 11.9. The maximum absolute atomic E-state index is 11.9. The van der Waals surface area contributed by atoms with Crippen LogP contribution in [0.15, 0.2) is 12.2 Å². The Morgan fingerprint density at radius 2 is 2.20 bits per heavy atom. The lowest BCUT2D eigenvalue weighted by atomic mass is 10.00. The Hall–Kier alpha value is -0.830. The highest BCUT2D eigenvalue weighted by Gasteiger charge is 2.22. The molecule has 0 aromatic rings. The summed E-state index contributed by atoms with van der Waals surface area (Å²) in [6, 6.07) is 0.427. The highest BCUT2D eigenvalue weighted by atomic mass is 16.2. The molecule has 2 aliphatic rings. The van der Waals surface area contributed by atoms with Crippen LogP contribution in [0.25, 0.3) is 0 Å². The summed E-state index contributed by atoms with van der Waals surface area (Å²) in [5, 5.41) is 6.41. The number of nitrogens with one attached hydrogen (secondary N) is 2. The average molecular weight is 208 g/mol. The summed E-state index contributed by atoms with van der Waals surface area (Å²) in [7, 11) is 0. The molecular weight excluding hydrogens is 188 g/mol. The first-order chi connectivity index (χ1) is 7.36. The third-order valence-electron chi connectivity index (χ3n) is 3.24. The lowest BCUT2D eigenvalue weighted by Gasteiger charge is -2.26. The molecule has 0 spiro atoms. The van der Waals surface area contributed by atoms with Gasteiger partial charge in [-0.15, -0.1) is 0 Å². The van der Waals surface area contributed by atoms with Crippen LogP contribution in [0.4, 0.5) is 0 Å². The zero-order chi connectivity index (χ0) is 10.5. The molecule has 1 heterocycles. The van der Waals surface area contributed by atoms with E-state index >= 15 is 0 Å². The normalized spacial score (nSPS) is 31.2. The Morgan fingerprint density at radius 3 is 2.87 bits per heavy atom. The van der Waals surface area contributed by atoms with E-state index in [1.807, 2.05) is 0 Å². The summed E-state index contributed by atoms with van der Waals surface area (Å²) < 4.78 is 0. The SMILES string of the molecule is O=C(NC1CC=CCC1)[C@@H]1CCCCN1. The Kier molecular flexibility index (Phi) is 3.78. The van der Waals surface area contributed by atoms with Crippen molar-refractivity contribution >= 4 is 5.91 Å². The van der Waals surface area contributed by atoms with E-state index in [1.165, 1.54) is 12.8 Å². The molecule has 0 radical (unpaired) electrons. The molecule has 84 valence electrons. The zero-order valence-corrected chi connectivity index (χ0v) is 9.17. The largest absolute Gasteiger partial charge is 0.352 e. The van der Waals surface area contributed by atoms with E-state index < -0.39 is 0 Å². The van der Waals surface area contributed by atoms with Crippen molar-refractivity contribution < 1.29 is 4.79 Å². The minimum atomic E-state index is 0.0599. The molecule has 15 heavy (non-hydrogen) atoms. The Bertz CT molecular complexity index is 244. The van der Waals surface area contributed by atoms with E-state index in [0.29, 0.717) is 6.04 Å². The number of rotatable bonds is 2. The van der Waals surface area contributed by atoms with Crippen molar-refractivity contribution in [3.8, 4) is 0 Å². The highest BCUT2D eigenvalue weighted by molar-refractivity contribution is 5.82. The van der Waals surface area contributed by atoms with Gasteiger partial charge >= 0.3 is 0 Å². The van der Waals surface area contributed by atoms with Crippen LogP contribution in [0, 0.1) is 0 Å². The molecule has 0 aromatic heterocycles. The topological polar surface area (TPSA) is 41.1 Å². The third kappa shape index (κ3) is 3.06. The van der Waals surface area contributed by atoms with E-state index in [-0.39, 0.29) is 11.9 Å². The lowest BCUT2D eigenvalue weighted by molar-refractivity contribution is -0.124. The van der Waals surface area contributed by atoms with Gasteiger partial charge < -0.3 is 10.6 Å². The van der Waals surface area contributed by atoms with Crippen molar-refractivity contribution in [3.63, 3.8) is 0 Å². The molecule has 0 saturated carbocycles. The molecule has 1 saturated heterocycles. The van der Waals surface area contributed by atoms with Crippen molar-refractivity contribution in [1.82, 2.24) is 10.6 Å². The van der Waals surface area contributed by atoms with Gasteiger partial charge in [-0.25, -0.2) is 0 Å². The number of carbonyl (C=O) groups excluding carboxylic acids is 1. The second kappa shape index (κ2) is 5.31. The first-order valence-electron chi connectivity index (χ1n) is 6.05. The van der Waals surface area contributed by atoms with Crippen LogP contribution in [-0.4, -0.2) is 24.5 Å². The first-order valence-corrected chi connectivity index (χ1v) is 6.05. The Labute approximate surface area is 91.3 Å². The number of hydrogen-bond donors (Lipinski definition) is 2. The number of allylic oxidation sites excluding steroid dienone is 1. The van der Waals surface area contributed by atoms with Gasteiger partial charge in [-0.2, -0.15) is 0 Å². The predicted molar refractivity (Wildman–Crippen MR) is 60.6 cm³/mol. The van der Waals surface area contributed by atoms with Crippen molar-refractivity contribution in [3.05, 3.63) is 12.2 Å². The van der Waals surface area contributed by atoms with Gasteiger partial charge in [0.2, 0.25) is 5.91 Å². The molecule has 0 bridgehead atoms. The summed E-state index contributed by atoms with van der Waals surface area (Å²) in [5.41, 5.74) is 0. The van der Waals surface area contributed by atoms with Gasteiger partial charge in [-0.3, -0.25) is 4.79 Å². The summed E-state index contributed by atoms with van der Waals surface area (Å²) in [5.74, 6) is 0.204. The fourth-order valence-corrected chi connectivity index (χ4v) is 2.30. The lowest BCUT2D eigenvalue weighted by Crippen LogP contribution is -2.49. The molecule has 1 unspecified atom stereocenters.